The molecule has 4 rings (SSSR count). The van der Waals surface area contributed by atoms with Crippen LogP contribution >= 0.6 is 11.3 Å². The van der Waals surface area contributed by atoms with Crippen LogP contribution in [0, 0.1) is 0 Å². The van der Waals surface area contributed by atoms with E-state index < -0.39 is 15.3 Å². The molecule has 0 saturated heterocycles. The molecule has 216 valence electrons. The van der Waals surface area contributed by atoms with Gasteiger partial charge in [0, 0.05) is 29.1 Å². The number of aromatic nitrogens is 2. The van der Waals surface area contributed by atoms with E-state index in [0.29, 0.717) is 29.5 Å². The number of amides is 1. The van der Waals surface area contributed by atoms with Crippen LogP contribution in [-0.4, -0.2) is 43.1 Å². The Balaban J connectivity index is 1.74. The Morgan fingerprint density at radius 3 is 2.37 bits per heavy atom. The molecule has 2 aromatic heterocycles. The van der Waals surface area contributed by atoms with Gasteiger partial charge in [-0.15, -0.1) is 11.3 Å². The average molecular weight is 595 g/mol. The topological polar surface area (TPSA) is 125 Å². The van der Waals surface area contributed by atoms with E-state index in [1.54, 1.807) is 0 Å². The Hall–Kier alpha value is -3.96. The Bertz CT molecular complexity index is 1610. The highest BCUT2D eigenvalue weighted by Gasteiger charge is 2.31. The lowest BCUT2D eigenvalue weighted by Crippen LogP contribution is -2.39. The number of carbonyl (C=O) groups is 2. The number of hydrogen-bond donors (Lipinski definition) is 1. The fourth-order valence-electron chi connectivity index (χ4n) is 4.58. The van der Waals surface area contributed by atoms with Gasteiger partial charge in [-0.25, -0.2) is 0 Å². The number of aryl methyl sites for hydroxylation is 1. The summed E-state index contributed by atoms with van der Waals surface area (Å²) in [5.41, 5.74) is 8.95. The summed E-state index contributed by atoms with van der Waals surface area (Å²) in [6.45, 7) is 4.55. The Morgan fingerprint density at radius 1 is 1.07 bits per heavy atom. The monoisotopic (exact) mass is 594 g/mol. The number of thiophene rings is 1. The lowest BCUT2D eigenvalue weighted by Gasteiger charge is -2.22. The number of ether oxygens (including phenoxy) is 1. The normalized spacial score (nSPS) is 11.4. The summed E-state index contributed by atoms with van der Waals surface area (Å²) in [5, 5.41) is -0.876. The lowest BCUT2D eigenvalue weighted by molar-refractivity contribution is 0.111. The number of nitrogens with two attached hydrogens (primary N) is 1. The van der Waals surface area contributed by atoms with Crippen molar-refractivity contribution in [3.8, 4) is 28.4 Å². The molecule has 0 spiro atoms. The molecule has 2 aromatic carbocycles. The SMILES string of the molecule is CCCCN(c1sc(CCC)cc1-c1ccc(Cn2c(-c3ccccc3)nc(OC)c2C=O)cc1)S(=O)(=O)C(N)=O. The predicted octanol–water partition coefficient (Wildman–Crippen LogP) is 6.12. The summed E-state index contributed by atoms with van der Waals surface area (Å²) in [6.07, 6.45) is 3.77. The minimum Gasteiger partial charge on any atom is -0.479 e. The van der Waals surface area contributed by atoms with Crippen molar-refractivity contribution < 1.29 is 22.7 Å². The zero-order valence-electron chi connectivity index (χ0n) is 23.4. The molecule has 0 unspecified atom stereocenters. The number of unbranched alkanes of at least 4 members (excludes halogenated alkanes) is 1. The number of rotatable bonds is 13. The molecule has 2 N–H and O–H groups in total. The molecule has 0 bridgehead atoms. The average Bonchev–Trinajstić information content (AvgIpc) is 3.55. The quantitative estimate of drug-likeness (QED) is 0.186. The standard InChI is InChI=1S/C30H34N4O5S2/c1-4-6-17-34(41(37,38)30(31)36)29-25(18-24(40-29)10-5-2)22-15-13-21(14-16-22)19-33-26(20-35)28(39-3)32-27(33)23-11-8-7-9-12-23/h7-9,11-16,18,20H,4-6,10,17,19H2,1-3H3,(H2,31,36). The van der Waals surface area contributed by atoms with Crippen LogP contribution in [0.4, 0.5) is 9.80 Å². The number of methoxy groups -OCH3 is 1. The molecular weight excluding hydrogens is 560 g/mol. The Kier molecular flexibility index (Phi) is 9.61. The van der Waals surface area contributed by atoms with Crippen molar-refractivity contribution >= 4 is 37.9 Å². The summed E-state index contributed by atoms with van der Waals surface area (Å²) >= 11 is 1.37. The van der Waals surface area contributed by atoms with E-state index in [1.807, 2.05) is 72.2 Å². The first-order valence-corrected chi connectivity index (χ1v) is 15.7. The second-order valence-electron chi connectivity index (χ2n) is 9.53. The van der Waals surface area contributed by atoms with Gasteiger partial charge in [0.2, 0.25) is 5.88 Å². The van der Waals surface area contributed by atoms with Crippen molar-refractivity contribution in [2.75, 3.05) is 18.0 Å². The number of benzene rings is 2. The molecule has 0 saturated carbocycles. The Labute approximate surface area is 244 Å². The number of hydrogen-bond acceptors (Lipinski definition) is 7. The molecule has 0 atom stereocenters. The van der Waals surface area contributed by atoms with Crippen molar-refractivity contribution in [1.29, 1.82) is 0 Å². The van der Waals surface area contributed by atoms with E-state index in [0.717, 1.165) is 57.0 Å². The zero-order chi connectivity index (χ0) is 29.6. The van der Waals surface area contributed by atoms with Crippen LogP contribution in [0.1, 0.15) is 54.0 Å². The van der Waals surface area contributed by atoms with E-state index in [-0.39, 0.29) is 12.4 Å². The van der Waals surface area contributed by atoms with E-state index in [2.05, 4.69) is 11.9 Å². The maximum Gasteiger partial charge on any atom is 0.354 e. The Morgan fingerprint density at radius 2 is 1.78 bits per heavy atom. The van der Waals surface area contributed by atoms with Crippen LogP contribution in [0.25, 0.3) is 22.5 Å². The van der Waals surface area contributed by atoms with Crippen molar-refractivity contribution in [3.63, 3.8) is 0 Å². The van der Waals surface area contributed by atoms with Crippen molar-refractivity contribution in [1.82, 2.24) is 9.55 Å². The molecule has 0 aliphatic rings. The summed E-state index contributed by atoms with van der Waals surface area (Å²) in [7, 11) is -2.87. The number of aldehydes is 1. The van der Waals surface area contributed by atoms with Gasteiger partial charge in [-0.3, -0.25) is 13.9 Å². The molecule has 2 heterocycles. The number of anilines is 1. The minimum absolute atomic E-state index is 0.165. The molecule has 9 nitrogen and oxygen atoms in total. The third-order valence-corrected chi connectivity index (χ3v) is 9.45. The van der Waals surface area contributed by atoms with Crippen LogP contribution < -0.4 is 14.8 Å². The van der Waals surface area contributed by atoms with Crippen molar-refractivity contribution in [3.05, 3.63) is 76.8 Å². The largest absolute Gasteiger partial charge is 0.479 e. The number of primary amides is 1. The molecule has 41 heavy (non-hydrogen) atoms. The maximum atomic E-state index is 13.0. The predicted molar refractivity (Wildman–Crippen MR) is 163 cm³/mol. The van der Waals surface area contributed by atoms with Gasteiger partial charge in [0.25, 0.3) is 0 Å². The highest BCUT2D eigenvalue weighted by atomic mass is 32.2. The first-order valence-electron chi connectivity index (χ1n) is 13.4. The first-order chi connectivity index (χ1) is 19.7. The minimum atomic E-state index is -4.36. The van der Waals surface area contributed by atoms with Crippen LogP contribution in [-0.2, 0) is 23.0 Å². The van der Waals surface area contributed by atoms with Gasteiger partial charge in [0.05, 0.1) is 7.11 Å². The summed E-state index contributed by atoms with van der Waals surface area (Å²) in [5.74, 6) is 0.867. The van der Waals surface area contributed by atoms with E-state index in [9.17, 15) is 18.0 Å². The van der Waals surface area contributed by atoms with Crippen molar-refractivity contribution in [2.24, 2.45) is 5.73 Å². The maximum absolute atomic E-state index is 13.0. The van der Waals surface area contributed by atoms with Crippen LogP contribution in [0.3, 0.4) is 0 Å². The smallest absolute Gasteiger partial charge is 0.354 e. The fourth-order valence-corrected chi connectivity index (χ4v) is 7.10. The number of sulfonamides is 1. The summed E-state index contributed by atoms with van der Waals surface area (Å²) in [4.78, 5) is 29.6. The number of carbonyl (C=O) groups excluding carboxylic acids is 2. The van der Waals surface area contributed by atoms with Crippen LogP contribution in [0.15, 0.2) is 60.7 Å². The van der Waals surface area contributed by atoms with Gasteiger partial charge in [0.1, 0.15) is 16.5 Å². The van der Waals surface area contributed by atoms with Crippen LogP contribution in [0.2, 0.25) is 0 Å². The van der Waals surface area contributed by atoms with Gasteiger partial charge in [-0.1, -0.05) is 81.3 Å². The van der Waals surface area contributed by atoms with E-state index >= 15 is 0 Å². The molecular formula is C30H34N4O5S2. The van der Waals surface area contributed by atoms with E-state index in [4.69, 9.17) is 10.5 Å². The number of nitrogens with zero attached hydrogens (tertiary/aromatic N) is 3. The fraction of sp³-hybridized carbons (Fsp3) is 0.300. The summed E-state index contributed by atoms with van der Waals surface area (Å²) < 4.78 is 34.3. The molecule has 0 aliphatic heterocycles. The molecule has 0 fully saturated rings. The van der Waals surface area contributed by atoms with Gasteiger partial charge < -0.3 is 15.0 Å². The number of imidazole rings is 1. The van der Waals surface area contributed by atoms with Crippen LogP contribution in [0.5, 0.6) is 5.88 Å². The third-order valence-electron chi connectivity index (χ3n) is 6.66. The second-order valence-corrected chi connectivity index (χ2v) is 12.4. The first kappa shape index (κ1) is 30.0. The van der Waals surface area contributed by atoms with Gasteiger partial charge in [0.15, 0.2) is 6.29 Å². The zero-order valence-corrected chi connectivity index (χ0v) is 25.0. The molecule has 1 amide bonds. The highest BCUT2D eigenvalue weighted by molar-refractivity contribution is 8.07. The summed E-state index contributed by atoms with van der Waals surface area (Å²) in [6, 6.07) is 19.3. The third kappa shape index (κ3) is 6.36. The molecule has 4 aromatic rings. The van der Waals surface area contributed by atoms with Gasteiger partial charge in [-0.2, -0.15) is 13.4 Å². The molecule has 0 radical (unpaired) electrons. The van der Waals surface area contributed by atoms with E-state index in [1.165, 1.54) is 18.4 Å². The molecule has 0 aliphatic carbocycles. The second kappa shape index (κ2) is 13.1. The van der Waals surface area contributed by atoms with Gasteiger partial charge in [-0.05, 0) is 30.0 Å². The highest BCUT2D eigenvalue weighted by Crippen LogP contribution is 2.41. The van der Waals surface area contributed by atoms with Crippen molar-refractivity contribution in [2.45, 2.75) is 46.1 Å². The molecule has 11 heteroatoms. The van der Waals surface area contributed by atoms with Gasteiger partial charge >= 0.3 is 15.3 Å². The lowest BCUT2D eigenvalue weighted by atomic mass is 10.0.